The number of hydrogen-bond donors (Lipinski definition) is 1. The fourth-order valence-electron chi connectivity index (χ4n) is 2.70. The van der Waals surface area contributed by atoms with Crippen molar-refractivity contribution in [2.24, 2.45) is 5.73 Å². The summed E-state index contributed by atoms with van der Waals surface area (Å²) in [6, 6.07) is 9.94. The average Bonchev–Trinajstić information content (AvgIpc) is 3.11. The van der Waals surface area contributed by atoms with Gasteiger partial charge in [0.2, 0.25) is 5.89 Å². The van der Waals surface area contributed by atoms with Gasteiger partial charge in [0.1, 0.15) is 0 Å². The molecule has 2 aromatic rings. The van der Waals surface area contributed by atoms with E-state index >= 15 is 0 Å². The van der Waals surface area contributed by atoms with Gasteiger partial charge in [0.15, 0.2) is 5.82 Å². The highest BCUT2D eigenvalue weighted by molar-refractivity contribution is 5.16. The van der Waals surface area contributed by atoms with E-state index in [0.29, 0.717) is 11.8 Å². The highest BCUT2D eigenvalue weighted by Gasteiger charge is 2.24. The number of nitrogens with two attached hydrogens (primary N) is 1. The van der Waals surface area contributed by atoms with Gasteiger partial charge in [-0.2, -0.15) is 4.98 Å². The summed E-state index contributed by atoms with van der Waals surface area (Å²) in [6.45, 7) is 0. The lowest BCUT2D eigenvalue weighted by molar-refractivity contribution is 0.347. The molecule has 1 fully saturated rings. The minimum Gasteiger partial charge on any atom is -0.338 e. The third-order valence-electron chi connectivity index (χ3n) is 3.79. The molecule has 1 aliphatic carbocycles. The maximum absolute atomic E-state index is 6.14. The molecule has 19 heavy (non-hydrogen) atoms. The standard InChI is InChI=1S/C15H19N3O/c16-13(10-11-6-2-1-3-7-11)15-17-14(18-19-15)12-8-4-5-9-12/h1-3,6-7,12-13H,4-5,8-10,16H2/t13-/m0/s1. The summed E-state index contributed by atoms with van der Waals surface area (Å²) < 4.78 is 5.32. The summed E-state index contributed by atoms with van der Waals surface area (Å²) in [7, 11) is 0. The van der Waals surface area contributed by atoms with Crippen molar-refractivity contribution in [2.75, 3.05) is 0 Å². The molecule has 0 radical (unpaired) electrons. The van der Waals surface area contributed by atoms with Gasteiger partial charge in [-0.25, -0.2) is 0 Å². The third-order valence-corrected chi connectivity index (χ3v) is 3.79. The first-order chi connectivity index (χ1) is 9.33. The van der Waals surface area contributed by atoms with Gasteiger partial charge in [0, 0.05) is 5.92 Å². The van der Waals surface area contributed by atoms with Gasteiger partial charge in [-0.1, -0.05) is 48.3 Å². The minimum atomic E-state index is -0.218. The zero-order valence-electron chi connectivity index (χ0n) is 11.0. The number of benzene rings is 1. The van der Waals surface area contributed by atoms with E-state index in [1.165, 1.54) is 31.2 Å². The van der Waals surface area contributed by atoms with Crippen LogP contribution in [0.15, 0.2) is 34.9 Å². The van der Waals surface area contributed by atoms with Crippen molar-refractivity contribution in [3.8, 4) is 0 Å². The molecule has 1 aromatic carbocycles. The van der Waals surface area contributed by atoms with E-state index in [1.807, 2.05) is 18.2 Å². The molecule has 0 unspecified atom stereocenters. The van der Waals surface area contributed by atoms with Gasteiger partial charge >= 0.3 is 0 Å². The van der Waals surface area contributed by atoms with Crippen LogP contribution in [0.1, 0.15) is 54.9 Å². The summed E-state index contributed by atoms with van der Waals surface area (Å²) in [4.78, 5) is 4.49. The summed E-state index contributed by atoms with van der Waals surface area (Å²) in [5, 5.41) is 4.09. The van der Waals surface area contributed by atoms with Crippen LogP contribution in [0.25, 0.3) is 0 Å². The van der Waals surface area contributed by atoms with Crippen molar-refractivity contribution in [1.82, 2.24) is 10.1 Å². The van der Waals surface area contributed by atoms with Crippen LogP contribution >= 0.6 is 0 Å². The van der Waals surface area contributed by atoms with Crippen LogP contribution < -0.4 is 5.73 Å². The summed E-state index contributed by atoms with van der Waals surface area (Å²) in [5.74, 6) is 1.88. The van der Waals surface area contributed by atoms with E-state index < -0.39 is 0 Å². The number of nitrogens with zero attached hydrogens (tertiary/aromatic N) is 2. The van der Waals surface area contributed by atoms with Crippen molar-refractivity contribution in [3.05, 3.63) is 47.6 Å². The van der Waals surface area contributed by atoms with E-state index in [4.69, 9.17) is 10.3 Å². The molecule has 1 atom stereocenters. The van der Waals surface area contributed by atoms with Crippen molar-refractivity contribution in [1.29, 1.82) is 0 Å². The smallest absolute Gasteiger partial charge is 0.243 e. The number of hydrogen-bond acceptors (Lipinski definition) is 4. The molecule has 0 bridgehead atoms. The van der Waals surface area contributed by atoms with Crippen molar-refractivity contribution < 1.29 is 4.52 Å². The molecular weight excluding hydrogens is 238 g/mol. The Labute approximate surface area is 113 Å². The molecule has 0 aliphatic heterocycles. The van der Waals surface area contributed by atoms with E-state index in [1.54, 1.807) is 0 Å². The second-order valence-electron chi connectivity index (χ2n) is 5.27. The molecule has 0 saturated heterocycles. The number of rotatable bonds is 4. The Morgan fingerprint density at radius 1 is 1.21 bits per heavy atom. The largest absolute Gasteiger partial charge is 0.338 e. The van der Waals surface area contributed by atoms with Gasteiger partial charge in [0.05, 0.1) is 6.04 Å². The Hall–Kier alpha value is -1.68. The Bertz CT molecular complexity index is 517. The van der Waals surface area contributed by atoms with Crippen LogP contribution in [0.3, 0.4) is 0 Å². The van der Waals surface area contributed by atoms with Crippen LogP contribution in [0, 0.1) is 0 Å². The van der Waals surface area contributed by atoms with Gasteiger partial charge < -0.3 is 10.3 Å². The molecule has 4 nitrogen and oxygen atoms in total. The first kappa shape index (κ1) is 12.4. The summed E-state index contributed by atoms with van der Waals surface area (Å²) >= 11 is 0. The molecule has 3 rings (SSSR count). The molecule has 1 aromatic heterocycles. The SMILES string of the molecule is N[C@@H](Cc1ccccc1)c1nc(C2CCCC2)no1. The Kier molecular flexibility index (Phi) is 3.60. The Balaban J connectivity index is 1.68. The Morgan fingerprint density at radius 2 is 1.95 bits per heavy atom. The van der Waals surface area contributed by atoms with Gasteiger partial charge in [-0.15, -0.1) is 0 Å². The topological polar surface area (TPSA) is 64.9 Å². The van der Waals surface area contributed by atoms with Gasteiger partial charge in [-0.05, 0) is 24.8 Å². The maximum atomic E-state index is 6.14. The second kappa shape index (κ2) is 5.53. The molecule has 1 heterocycles. The predicted octanol–water partition coefficient (Wildman–Crippen LogP) is 2.97. The van der Waals surface area contributed by atoms with E-state index in [0.717, 1.165) is 12.2 Å². The predicted molar refractivity (Wildman–Crippen MR) is 72.6 cm³/mol. The molecule has 2 N–H and O–H groups in total. The first-order valence-electron chi connectivity index (χ1n) is 6.96. The lowest BCUT2D eigenvalue weighted by Crippen LogP contribution is -2.14. The zero-order valence-corrected chi connectivity index (χ0v) is 11.0. The van der Waals surface area contributed by atoms with E-state index in [9.17, 15) is 0 Å². The molecule has 4 heteroatoms. The minimum absolute atomic E-state index is 0.218. The van der Waals surface area contributed by atoms with Crippen LogP contribution in [-0.4, -0.2) is 10.1 Å². The molecule has 100 valence electrons. The second-order valence-corrected chi connectivity index (χ2v) is 5.27. The van der Waals surface area contributed by atoms with E-state index in [2.05, 4.69) is 22.3 Å². The maximum Gasteiger partial charge on any atom is 0.243 e. The molecule has 1 aliphatic rings. The molecule has 0 amide bonds. The van der Waals surface area contributed by atoms with Crippen LogP contribution in [0.4, 0.5) is 0 Å². The highest BCUT2D eigenvalue weighted by atomic mass is 16.5. The fraction of sp³-hybridized carbons (Fsp3) is 0.467. The summed E-state index contributed by atoms with van der Waals surface area (Å²) in [6.07, 6.45) is 5.61. The average molecular weight is 257 g/mol. The van der Waals surface area contributed by atoms with Crippen LogP contribution in [0.5, 0.6) is 0 Å². The summed E-state index contributed by atoms with van der Waals surface area (Å²) in [5.41, 5.74) is 7.33. The lowest BCUT2D eigenvalue weighted by atomic mass is 10.1. The van der Waals surface area contributed by atoms with Gasteiger partial charge in [-0.3, -0.25) is 0 Å². The zero-order chi connectivity index (χ0) is 13.1. The highest BCUT2D eigenvalue weighted by Crippen LogP contribution is 2.32. The Morgan fingerprint density at radius 3 is 2.68 bits per heavy atom. The van der Waals surface area contributed by atoms with Crippen LogP contribution in [-0.2, 0) is 6.42 Å². The molecule has 1 saturated carbocycles. The van der Waals surface area contributed by atoms with Crippen molar-refractivity contribution >= 4 is 0 Å². The third kappa shape index (κ3) is 2.84. The van der Waals surface area contributed by atoms with Crippen molar-refractivity contribution in [3.63, 3.8) is 0 Å². The fourth-order valence-corrected chi connectivity index (χ4v) is 2.70. The quantitative estimate of drug-likeness (QED) is 0.914. The van der Waals surface area contributed by atoms with Gasteiger partial charge in [0.25, 0.3) is 0 Å². The molecule has 0 spiro atoms. The molecular formula is C15H19N3O. The number of aromatic nitrogens is 2. The van der Waals surface area contributed by atoms with Crippen LogP contribution in [0.2, 0.25) is 0 Å². The first-order valence-corrected chi connectivity index (χ1v) is 6.96. The van der Waals surface area contributed by atoms with E-state index in [-0.39, 0.29) is 6.04 Å². The van der Waals surface area contributed by atoms with Crippen molar-refractivity contribution in [2.45, 2.75) is 44.1 Å². The monoisotopic (exact) mass is 257 g/mol. The normalized spacial score (nSPS) is 17.7. The lowest BCUT2D eigenvalue weighted by Gasteiger charge is -2.06.